The Morgan fingerprint density at radius 1 is 1.45 bits per heavy atom. The zero-order chi connectivity index (χ0) is 15.9. The summed E-state index contributed by atoms with van der Waals surface area (Å²) in [5.74, 6) is 1.72. The molecule has 2 fully saturated rings. The van der Waals surface area contributed by atoms with Crippen LogP contribution >= 0.6 is 0 Å². The Bertz CT molecular complexity index is 554. The van der Waals surface area contributed by atoms with Gasteiger partial charge in [0, 0.05) is 12.2 Å². The largest absolute Gasteiger partial charge is 0.435 e. The number of rotatable bonds is 4. The molecule has 0 radical (unpaired) electrons. The van der Waals surface area contributed by atoms with Crippen molar-refractivity contribution in [3.05, 3.63) is 18.0 Å². The second-order valence-corrected chi connectivity index (χ2v) is 6.59. The van der Waals surface area contributed by atoms with Crippen LogP contribution in [0.1, 0.15) is 38.3 Å². The highest BCUT2D eigenvalue weighted by Crippen LogP contribution is 2.49. The van der Waals surface area contributed by atoms with Crippen LogP contribution in [-0.2, 0) is 17.5 Å². The second kappa shape index (κ2) is 5.59. The fourth-order valence-electron chi connectivity index (χ4n) is 4.06. The van der Waals surface area contributed by atoms with E-state index in [0.717, 1.165) is 23.1 Å². The van der Waals surface area contributed by atoms with E-state index in [1.165, 1.54) is 25.5 Å². The lowest BCUT2D eigenvalue weighted by atomic mass is 9.84. The normalized spacial score (nSPS) is 28.8. The third kappa shape index (κ3) is 3.13. The molecular formula is C15H20F3N3O. The number of carbonyl (C=O) groups is 1. The number of alkyl halides is 3. The van der Waals surface area contributed by atoms with Gasteiger partial charge < -0.3 is 5.32 Å². The highest BCUT2D eigenvalue weighted by Gasteiger charge is 2.42. The van der Waals surface area contributed by atoms with Crippen molar-refractivity contribution in [3.63, 3.8) is 0 Å². The topological polar surface area (TPSA) is 46.9 Å². The van der Waals surface area contributed by atoms with Crippen molar-refractivity contribution in [2.24, 2.45) is 17.8 Å². The van der Waals surface area contributed by atoms with Gasteiger partial charge in [-0.05, 0) is 50.0 Å². The number of fused-ring (bicyclic) bond motifs is 2. The van der Waals surface area contributed by atoms with Crippen LogP contribution in [0.2, 0.25) is 0 Å². The van der Waals surface area contributed by atoms with Crippen LogP contribution in [-0.4, -0.2) is 21.7 Å². The van der Waals surface area contributed by atoms with Crippen LogP contribution in [0.3, 0.4) is 0 Å². The summed E-state index contributed by atoms with van der Waals surface area (Å²) in [7, 11) is 0. The van der Waals surface area contributed by atoms with Crippen LogP contribution in [0.25, 0.3) is 0 Å². The molecule has 122 valence electrons. The van der Waals surface area contributed by atoms with Crippen molar-refractivity contribution in [2.45, 2.75) is 51.4 Å². The predicted octanol–water partition coefficient (Wildman–Crippen LogP) is 2.84. The molecule has 4 unspecified atom stereocenters. The van der Waals surface area contributed by atoms with Gasteiger partial charge in [-0.1, -0.05) is 6.42 Å². The lowest BCUT2D eigenvalue weighted by molar-refractivity contribution is -0.141. The molecule has 0 saturated heterocycles. The molecule has 3 rings (SSSR count). The fourth-order valence-corrected chi connectivity index (χ4v) is 4.06. The van der Waals surface area contributed by atoms with E-state index in [1.54, 1.807) is 0 Å². The average Bonchev–Trinajstić information content (AvgIpc) is 3.12. The third-order valence-electron chi connectivity index (χ3n) is 5.06. The number of carbonyl (C=O) groups excluding carboxylic acids is 1. The lowest BCUT2D eigenvalue weighted by Gasteiger charge is -2.28. The average molecular weight is 315 g/mol. The minimum atomic E-state index is -4.47. The molecule has 1 heterocycles. The van der Waals surface area contributed by atoms with Crippen molar-refractivity contribution in [2.75, 3.05) is 0 Å². The van der Waals surface area contributed by atoms with Crippen molar-refractivity contribution in [3.8, 4) is 0 Å². The van der Waals surface area contributed by atoms with E-state index in [2.05, 4.69) is 10.4 Å². The molecule has 0 aliphatic heterocycles. The first-order valence-electron chi connectivity index (χ1n) is 7.73. The molecule has 2 saturated carbocycles. The molecule has 1 aromatic heterocycles. The molecule has 1 aromatic rings. The quantitative estimate of drug-likeness (QED) is 0.929. The van der Waals surface area contributed by atoms with Gasteiger partial charge in [0.1, 0.15) is 6.54 Å². The van der Waals surface area contributed by atoms with Crippen LogP contribution in [0.5, 0.6) is 0 Å². The number of aromatic nitrogens is 2. The Morgan fingerprint density at radius 3 is 2.77 bits per heavy atom. The molecule has 22 heavy (non-hydrogen) atoms. The fraction of sp³-hybridized carbons (Fsp3) is 0.733. The summed E-state index contributed by atoms with van der Waals surface area (Å²) >= 11 is 0. The Balaban J connectivity index is 1.53. The number of halogens is 3. The number of amides is 1. The van der Waals surface area contributed by atoms with Crippen LogP contribution in [0.4, 0.5) is 13.2 Å². The maximum atomic E-state index is 12.5. The van der Waals surface area contributed by atoms with Crippen molar-refractivity contribution in [1.29, 1.82) is 0 Å². The van der Waals surface area contributed by atoms with Gasteiger partial charge in [-0.25, -0.2) is 0 Å². The first kappa shape index (κ1) is 15.4. The van der Waals surface area contributed by atoms with Gasteiger partial charge in [-0.15, -0.1) is 0 Å². The highest BCUT2D eigenvalue weighted by atomic mass is 19.4. The number of nitrogens with zero attached hydrogens (tertiary/aromatic N) is 2. The van der Waals surface area contributed by atoms with Gasteiger partial charge in [0.05, 0.1) is 0 Å². The van der Waals surface area contributed by atoms with Gasteiger partial charge in [-0.3, -0.25) is 9.48 Å². The van der Waals surface area contributed by atoms with Crippen molar-refractivity contribution >= 4 is 5.91 Å². The summed E-state index contributed by atoms with van der Waals surface area (Å²) in [5.41, 5.74) is -0.971. The zero-order valence-electron chi connectivity index (χ0n) is 12.4. The van der Waals surface area contributed by atoms with E-state index in [0.29, 0.717) is 11.8 Å². The van der Waals surface area contributed by atoms with Gasteiger partial charge in [0.2, 0.25) is 5.91 Å². The first-order chi connectivity index (χ1) is 10.3. The number of nitrogens with one attached hydrogen (secondary N) is 1. The SMILES string of the molecule is CC(NC(=O)Cn1ccc(C(F)(F)F)n1)C1CC2CCC1C2. The molecule has 4 nitrogen and oxygen atoms in total. The maximum absolute atomic E-state index is 12.5. The molecule has 0 aromatic carbocycles. The van der Waals surface area contributed by atoms with Crippen molar-refractivity contribution in [1.82, 2.24) is 15.1 Å². The van der Waals surface area contributed by atoms with Crippen LogP contribution in [0, 0.1) is 17.8 Å². The van der Waals surface area contributed by atoms with Crippen LogP contribution in [0.15, 0.2) is 12.3 Å². The van der Waals surface area contributed by atoms with Crippen molar-refractivity contribution < 1.29 is 18.0 Å². The maximum Gasteiger partial charge on any atom is 0.435 e. The summed E-state index contributed by atoms with van der Waals surface area (Å²) < 4.78 is 38.4. The van der Waals surface area contributed by atoms with Gasteiger partial charge in [0.15, 0.2) is 5.69 Å². The Labute approximate surface area is 127 Å². The summed E-state index contributed by atoms with van der Waals surface area (Å²) in [6.07, 6.45) is 1.67. The standard InChI is InChI=1S/C15H20F3N3O/c1-9(12-7-10-2-3-11(12)6-10)19-14(22)8-21-5-4-13(20-21)15(16,17)18/h4-5,9-12H,2-3,6-8H2,1H3,(H,19,22). The minimum Gasteiger partial charge on any atom is -0.352 e. The second-order valence-electron chi connectivity index (χ2n) is 6.59. The molecule has 2 aliphatic carbocycles. The smallest absolute Gasteiger partial charge is 0.352 e. The summed E-state index contributed by atoms with van der Waals surface area (Å²) in [4.78, 5) is 12.0. The molecule has 2 bridgehead atoms. The monoisotopic (exact) mass is 315 g/mol. The van der Waals surface area contributed by atoms with E-state index < -0.39 is 11.9 Å². The number of hydrogen-bond donors (Lipinski definition) is 1. The third-order valence-corrected chi connectivity index (χ3v) is 5.06. The zero-order valence-corrected chi connectivity index (χ0v) is 12.4. The van der Waals surface area contributed by atoms with E-state index in [9.17, 15) is 18.0 Å². The summed E-state index contributed by atoms with van der Waals surface area (Å²) in [6, 6.07) is 0.951. The van der Waals surface area contributed by atoms with Crippen LogP contribution < -0.4 is 5.32 Å². The molecule has 2 aliphatic rings. The summed E-state index contributed by atoms with van der Waals surface area (Å²) in [6.45, 7) is 1.81. The van der Waals surface area contributed by atoms with Gasteiger partial charge >= 0.3 is 6.18 Å². The highest BCUT2D eigenvalue weighted by molar-refractivity contribution is 5.75. The predicted molar refractivity (Wildman–Crippen MR) is 73.8 cm³/mol. The van der Waals surface area contributed by atoms with E-state index in [4.69, 9.17) is 0 Å². The molecule has 1 N–H and O–H groups in total. The Morgan fingerprint density at radius 2 is 2.23 bits per heavy atom. The van der Waals surface area contributed by atoms with Gasteiger partial charge in [-0.2, -0.15) is 18.3 Å². The molecule has 1 amide bonds. The minimum absolute atomic E-state index is 0.0699. The Kier molecular flexibility index (Phi) is 3.91. The lowest BCUT2D eigenvalue weighted by Crippen LogP contribution is -2.41. The molecular weight excluding hydrogens is 295 g/mol. The Hall–Kier alpha value is -1.53. The molecule has 7 heteroatoms. The molecule has 0 spiro atoms. The van der Waals surface area contributed by atoms with E-state index >= 15 is 0 Å². The van der Waals surface area contributed by atoms with E-state index in [1.807, 2.05) is 6.92 Å². The summed E-state index contributed by atoms with van der Waals surface area (Å²) in [5, 5.41) is 6.32. The van der Waals surface area contributed by atoms with E-state index in [-0.39, 0.29) is 18.5 Å². The number of hydrogen-bond acceptors (Lipinski definition) is 2. The first-order valence-corrected chi connectivity index (χ1v) is 7.73. The van der Waals surface area contributed by atoms with Gasteiger partial charge in [0.25, 0.3) is 0 Å². The molecule has 4 atom stereocenters.